The van der Waals surface area contributed by atoms with E-state index >= 15 is 0 Å². The highest BCUT2D eigenvalue weighted by atomic mass is 32.2. The molecule has 0 fully saturated rings. The van der Waals surface area contributed by atoms with Crippen LogP contribution in [-0.4, -0.2) is 15.0 Å². The molecule has 0 amide bonds. The first-order chi connectivity index (χ1) is 9.13. The molecule has 102 valence electrons. The van der Waals surface area contributed by atoms with E-state index in [1.165, 1.54) is 11.3 Å². The SMILES string of the molecule is CCOc1ccccc1S(=O)(=O)NCc1ccsc1. The normalized spacial score (nSPS) is 11.4. The van der Waals surface area contributed by atoms with Crippen LogP contribution in [0, 0.1) is 0 Å². The molecule has 0 bridgehead atoms. The summed E-state index contributed by atoms with van der Waals surface area (Å²) >= 11 is 1.54. The van der Waals surface area contributed by atoms with E-state index in [9.17, 15) is 8.42 Å². The molecular formula is C13H15NO3S2. The summed E-state index contributed by atoms with van der Waals surface area (Å²) in [6, 6.07) is 8.52. The van der Waals surface area contributed by atoms with Gasteiger partial charge in [0, 0.05) is 6.54 Å². The van der Waals surface area contributed by atoms with Gasteiger partial charge >= 0.3 is 0 Å². The van der Waals surface area contributed by atoms with Crippen molar-refractivity contribution in [1.29, 1.82) is 0 Å². The highest BCUT2D eigenvalue weighted by Gasteiger charge is 2.18. The summed E-state index contributed by atoms with van der Waals surface area (Å²) in [5.41, 5.74) is 0.947. The Kier molecular flexibility index (Phi) is 4.57. The average molecular weight is 297 g/mol. The quantitative estimate of drug-likeness (QED) is 0.891. The van der Waals surface area contributed by atoms with E-state index in [1.54, 1.807) is 24.3 Å². The second-order valence-electron chi connectivity index (χ2n) is 3.84. The van der Waals surface area contributed by atoms with E-state index in [4.69, 9.17) is 4.74 Å². The average Bonchev–Trinajstić information content (AvgIpc) is 2.91. The van der Waals surface area contributed by atoms with Crippen molar-refractivity contribution < 1.29 is 13.2 Å². The summed E-state index contributed by atoms with van der Waals surface area (Å²) in [5.74, 6) is 0.378. The van der Waals surface area contributed by atoms with Crippen molar-refractivity contribution >= 4 is 21.4 Å². The molecule has 0 radical (unpaired) electrons. The number of sulfonamides is 1. The number of hydrogen-bond donors (Lipinski definition) is 1. The number of benzene rings is 1. The molecule has 0 unspecified atom stereocenters. The molecule has 0 spiro atoms. The van der Waals surface area contributed by atoms with Crippen molar-refractivity contribution in [2.45, 2.75) is 18.4 Å². The largest absolute Gasteiger partial charge is 0.492 e. The number of para-hydroxylation sites is 1. The van der Waals surface area contributed by atoms with E-state index in [2.05, 4.69) is 4.72 Å². The van der Waals surface area contributed by atoms with Gasteiger partial charge in [-0.3, -0.25) is 0 Å². The van der Waals surface area contributed by atoms with Crippen LogP contribution in [0.25, 0.3) is 0 Å². The number of hydrogen-bond acceptors (Lipinski definition) is 4. The highest BCUT2D eigenvalue weighted by molar-refractivity contribution is 7.89. The topological polar surface area (TPSA) is 55.4 Å². The Morgan fingerprint density at radius 3 is 2.74 bits per heavy atom. The van der Waals surface area contributed by atoms with Gasteiger partial charge in [0.1, 0.15) is 10.6 Å². The minimum Gasteiger partial charge on any atom is -0.492 e. The van der Waals surface area contributed by atoms with Crippen LogP contribution >= 0.6 is 11.3 Å². The fourth-order valence-corrected chi connectivity index (χ4v) is 3.43. The summed E-state index contributed by atoms with van der Waals surface area (Å²) < 4.78 is 32.4. The summed E-state index contributed by atoms with van der Waals surface area (Å²) in [4.78, 5) is 0.173. The van der Waals surface area contributed by atoms with Crippen LogP contribution in [-0.2, 0) is 16.6 Å². The zero-order valence-electron chi connectivity index (χ0n) is 10.5. The molecule has 1 N–H and O–H groups in total. The molecule has 0 saturated heterocycles. The number of thiophene rings is 1. The molecule has 2 aromatic rings. The summed E-state index contributed by atoms with van der Waals surface area (Å²) in [7, 11) is -3.56. The summed E-state index contributed by atoms with van der Waals surface area (Å²) in [5, 5.41) is 3.83. The molecule has 0 atom stereocenters. The Hall–Kier alpha value is -1.37. The fraction of sp³-hybridized carbons (Fsp3) is 0.231. The van der Waals surface area contributed by atoms with Crippen molar-refractivity contribution in [3.05, 3.63) is 46.7 Å². The van der Waals surface area contributed by atoms with Gasteiger partial charge < -0.3 is 4.74 Å². The fourth-order valence-electron chi connectivity index (χ4n) is 1.60. The van der Waals surface area contributed by atoms with Gasteiger partial charge in [-0.15, -0.1) is 0 Å². The minimum absolute atomic E-state index is 0.173. The summed E-state index contributed by atoms with van der Waals surface area (Å²) in [6.45, 7) is 2.53. The van der Waals surface area contributed by atoms with Crippen LogP contribution < -0.4 is 9.46 Å². The molecule has 2 rings (SSSR count). The lowest BCUT2D eigenvalue weighted by Gasteiger charge is -2.11. The number of rotatable bonds is 6. The second-order valence-corrected chi connectivity index (χ2v) is 6.35. The van der Waals surface area contributed by atoms with Crippen molar-refractivity contribution in [2.24, 2.45) is 0 Å². The lowest BCUT2D eigenvalue weighted by Crippen LogP contribution is -2.23. The Morgan fingerprint density at radius 1 is 1.26 bits per heavy atom. The molecule has 1 aromatic carbocycles. The molecule has 19 heavy (non-hydrogen) atoms. The lowest BCUT2D eigenvalue weighted by atomic mass is 10.3. The van der Waals surface area contributed by atoms with Gasteiger partial charge in [-0.2, -0.15) is 11.3 Å². The van der Waals surface area contributed by atoms with Crippen molar-refractivity contribution in [3.63, 3.8) is 0 Å². The monoisotopic (exact) mass is 297 g/mol. The van der Waals surface area contributed by atoms with Crippen LogP contribution in [0.3, 0.4) is 0 Å². The van der Waals surface area contributed by atoms with E-state index in [-0.39, 0.29) is 11.4 Å². The van der Waals surface area contributed by atoms with E-state index in [0.717, 1.165) is 5.56 Å². The predicted molar refractivity (Wildman–Crippen MR) is 76.0 cm³/mol. The lowest BCUT2D eigenvalue weighted by molar-refractivity contribution is 0.331. The Bertz CT molecular complexity index is 621. The standard InChI is InChI=1S/C13H15NO3S2/c1-2-17-12-5-3-4-6-13(12)19(15,16)14-9-11-7-8-18-10-11/h3-8,10,14H,2,9H2,1H3. The molecular weight excluding hydrogens is 282 g/mol. The van der Waals surface area contributed by atoms with Crippen LogP contribution in [0.4, 0.5) is 0 Å². The molecule has 4 nitrogen and oxygen atoms in total. The van der Waals surface area contributed by atoms with Gasteiger partial charge in [-0.25, -0.2) is 13.1 Å². The zero-order chi connectivity index (χ0) is 13.7. The predicted octanol–water partition coefficient (Wildman–Crippen LogP) is 2.63. The van der Waals surface area contributed by atoms with Crippen molar-refractivity contribution in [2.75, 3.05) is 6.61 Å². The molecule has 0 aliphatic heterocycles. The van der Waals surface area contributed by atoms with E-state index < -0.39 is 10.0 Å². The van der Waals surface area contributed by atoms with E-state index in [0.29, 0.717) is 12.4 Å². The maximum atomic E-state index is 12.2. The first kappa shape index (κ1) is 14.0. The third-order valence-electron chi connectivity index (χ3n) is 2.48. The number of ether oxygens (including phenoxy) is 1. The minimum atomic E-state index is -3.56. The van der Waals surface area contributed by atoms with Gasteiger partial charge in [0.25, 0.3) is 0 Å². The van der Waals surface area contributed by atoms with Crippen LogP contribution in [0.15, 0.2) is 46.0 Å². The third kappa shape index (κ3) is 3.56. The first-order valence-corrected chi connectivity index (χ1v) is 8.28. The maximum absolute atomic E-state index is 12.2. The Labute approximate surface area is 117 Å². The van der Waals surface area contributed by atoms with Gasteiger partial charge in [-0.1, -0.05) is 12.1 Å². The third-order valence-corrected chi connectivity index (χ3v) is 4.66. The van der Waals surface area contributed by atoms with Gasteiger partial charge in [0.05, 0.1) is 6.61 Å². The second kappa shape index (κ2) is 6.18. The maximum Gasteiger partial charge on any atom is 0.244 e. The van der Waals surface area contributed by atoms with Crippen molar-refractivity contribution in [3.8, 4) is 5.75 Å². The smallest absolute Gasteiger partial charge is 0.244 e. The van der Waals surface area contributed by atoms with Gasteiger partial charge in [0.15, 0.2) is 0 Å². The highest BCUT2D eigenvalue weighted by Crippen LogP contribution is 2.23. The Morgan fingerprint density at radius 2 is 2.05 bits per heavy atom. The van der Waals surface area contributed by atoms with Crippen molar-refractivity contribution in [1.82, 2.24) is 4.72 Å². The summed E-state index contributed by atoms with van der Waals surface area (Å²) in [6.07, 6.45) is 0. The zero-order valence-corrected chi connectivity index (χ0v) is 12.1. The van der Waals surface area contributed by atoms with E-state index in [1.807, 2.05) is 23.8 Å². The first-order valence-electron chi connectivity index (χ1n) is 5.86. The van der Waals surface area contributed by atoms with Crippen LogP contribution in [0.2, 0.25) is 0 Å². The van der Waals surface area contributed by atoms with Crippen LogP contribution in [0.5, 0.6) is 5.75 Å². The van der Waals surface area contributed by atoms with Gasteiger partial charge in [0.2, 0.25) is 10.0 Å². The Balaban J connectivity index is 2.19. The number of nitrogens with one attached hydrogen (secondary N) is 1. The van der Waals surface area contributed by atoms with Crippen LogP contribution in [0.1, 0.15) is 12.5 Å². The molecule has 1 heterocycles. The molecule has 0 aliphatic rings. The molecule has 0 aliphatic carbocycles. The molecule has 0 saturated carbocycles. The van der Waals surface area contributed by atoms with Gasteiger partial charge in [-0.05, 0) is 41.4 Å². The molecule has 6 heteroatoms. The molecule has 1 aromatic heterocycles.